The second-order valence-corrected chi connectivity index (χ2v) is 10.2. The molecule has 2 aliphatic heterocycles. The zero-order chi connectivity index (χ0) is 24.8. The number of likely N-dealkylation sites (tertiary alicyclic amines) is 1. The van der Waals surface area contributed by atoms with Crippen LogP contribution < -0.4 is 16.2 Å². The highest BCUT2D eigenvalue weighted by atomic mass is 16.5. The number of rotatable bonds is 1. The fraction of sp³-hybridized carbons (Fsp3) is 0.692. The number of aromatic nitrogens is 1. The molecule has 0 aromatic carbocycles. The Labute approximate surface area is 206 Å². The van der Waals surface area contributed by atoms with Crippen LogP contribution in [0.5, 0.6) is 0 Å². The van der Waals surface area contributed by atoms with Crippen LogP contribution in [0.3, 0.4) is 0 Å². The summed E-state index contributed by atoms with van der Waals surface area (Å²) in [4.78, 5) is 56.4. The first-order valence-electron chi connectivity index (χ1n) is 13.1. The van der Waals surface area contributed by atoms with Gasteiger partial charge in [-0.05, 0) is 75.8 Å². The molecule has 9 nitrogen and oxygen atoms in total. The van der Waals surface area contributed by atoms with Crippen LogP contribution in [0.1, 0.15) is 79.8 Å². The lowest BCUT2D eigenvalue weighted by molar-refractivity contribution is -0.137. The van der Waals surface area contributed by atoms with E-state index in [1.54, 1.807) is 18.0 Å². The minimum absolute atomic E-state index is 0.125. The van der Waals surface area contributed by atoms with Crippen molar-refractivity contribution in [2.75, 3.05) is 32.8 Å². The molecule has 0 saturated carbocycles. The maximum Gasteiger partial charge on any atom is 0.261 e. The third kappa shape index (κ3) is 5.77. The summed E-state index contributed by atoms with van der Waals surface area (Å²) in [6.45, 7) is 4.27. The minimum Gasteiger partial charge on any atom is -0.381 e. The molecule has 1 aliphatic carbocycles. The van der Waals surface area contributed by atoms with E-state index in [-0.39, 0.29) is 28.8 Å². The number of hydrogen-bond acceptors (Lipinski definition) is 5. The van der Waals surface area contributed by atoms with Gasteiger partial charge in [0.15, 0.2) is 0 Å². The van der Waals surface area contributed by atoms with Crippen molar-refractivity contribution in [3.63, 3.8) is 0 Å². The van der Waals surface area contributed by atoms with E-state index >= 15 is 0 Å². The first kappa shape index (κ1) is 25.4. The van der Waals surface area contributed by atoms with Gasteiger partial charge in [0.25, 0.3) is 11.5 Å². The fourth-order valence-electron chi connectivity index (χ4n) is 5.57. The molecule has 0 bridgehead atoms. The Balaban J connectivity index is 1.48. The van der Waals surface area contributed by atoms with E-state index in [0.29, 0.717) is 52.1 Å². The van der Waals surface area contributed by atoms with Crippen LogP contribution in [-0.4, -0.2) is 66.5 Å². The van der Waals surface area contributed by atoms with E-state index < -0.39 is 11.5 Å². The second kappa shape index (κ2) is 11.4. The molecule has 0 radical (unpaired) electrons. The molecular formula is C26H38N4O5. The number of aromatic amines is 1. The van der Waals surface area contributed by atoms with Crippen molar-refractivity contribution in [3.05, 3.63) is 33.2 Å². The molecule has 1 aromatic rings. The summed E-state index contributed by atoms with van der Waals surface area (Å²) in [6, 6.07) is -0.628. The SMILES string of the molecule is C[C@@H]1NC(=O)C2(CCCCOCCCNC1=O)CCN(C(=O)c1c3c(c[nH]c1=O)CCCC3)CC2. The zero-order valence-electron chi connectivity index (χ0n) is 20.7. The van der Waals surface area contributed by atoms with Gasteiger partial charge in [0.05, 0.1) is 5.41 Å². The van der Waals surface area contributed by atoms with Gasteiger partial charge < -0.3 is 25.3 Å². The Bertz CT molecular complexity index is 996. The molecule has 192 valence electrons. The van der Waals surface area contributed by atoms with Gasteiger partial charge in [-0.1, -0.05) is 6.42 Å². The van der Waals surface area contributed by atoms with Crippen molar-refractivity contribution in [2.45, 2.75) is 77.2 Å². The summed E-state index contributed by atoms with van der Waals surface area (Å²) >= 11 is 0. The van der Waals surface area contributed by atoms with Gasteiger partial charge in [-0.15, -0.1) is 0 Å². The van der Waals surface area contributed by atoms with Crippen molar-refractivity contribution in [2.24, 2.45) is 5.41 Å². The topological polar surface area (TPSA) is 121 Å². The Morgan fingerprint density at radius 1 is 1.00 bits per heavy atom. The molecule has 9 heteroatoms. The van der Waals surface area contributed by atoms with Gasteiger partial charge in [0.2, 0.25) is 11.8 Å². The molecule has 2 saturated heterocycles. The van der Waals surface area contributed by atoms with Gasteiger partial charge in [-0.3, -0.25) is 19.2 Å². The number of aryl methyl sites for hydroxylation is 1. The standard InChI is InChI=1S/C26H38N4O5/c1-18-22(31)27-12-6-16-35-15-5-4-9-26(25(34)29-18)10-13-30(14-11-26)24(33)21-20-8-3-2-7-19(20)17-28-23(21)32/h17-18H,2-16H2,1H3,(H,27,31)(H,28,32)(H,29,34)/t18-/m0/s1. The zero-order valence-corrected chi connectivity index (χ0v) is 20.7. The van der Waals surface area contributed by atoms with E-state index in [4.69, 9.17) is 4.74 Å². The van der Waals surface area contributed by atoms with Crippen LogP contribution in [0.25, 0.3) is 0 Å². The molecule has 3 aliphatic rings. The summed E-state index contributed by atoms with van der Waals surface area (Å²) < 4.78 is 5.66. The van der Waals surface area contributed by atoms with Crippen LogP contribution in [-0.2, 0) is 27.2 Å². The van der Waals surface area contributed by atoms with Gasteiger partial charge >= 0.3 is 0 Å². The minimum atomic E-state index is -0.641. The lowest BCUT2D eigenvalue weighted by atomic mass is 9.73. The highest BCUT2D eigenvalue weighted by molar-refractivity contribution is 5.96. The number of ether oxygens (including phenoxy) is 1. The predicted molar refractivity (Wildman–Crippen MR) is 131 cm³/mol. The lowest BCUT2D eigenvalue weighted by Gasteiger charge is -2.41. The molecule has 3 N–H and O–H groups in total. The number of nitrogens with one attached hydrogen (secondary N) is 3. The summed E-state index contributed by atoms with van der Waals surface area (Å²) in [5.74, 6) is -0.561. The summed E-state index contributed by atoms with van der Waals surface area (Å²) in [7, 11) is 0. The van der Waals surface area contributed by atoms with Crippen LogP contribution >= 0.6 is 0 Å². The van der Waals surface area contributed by atoms with Gasteiger partial charge in [0, 0.05) is 39.0 Å². The molecule has 1 atom stereocenters. The molecule has 1 spiro atoms. The number of piperidine rings is 1. The average molecular weight is 487 g/mol. The molecule has 0 unspecified atom stereocenters. The summed E-state index contributed by atoms with van der Waals surface area (Å²) in [5.41, 5.74) is 1.26. The number of carbonyl (C=O) groups is 3. The van der Waals surface area contributed by atoms with Gasteiger partial charge in [-0.25, -0.2) is 0 Å². The van der Waals surface area contributed by atoms with Crippen molar-refractivity contribution < 1.29 is 19.1 Å². The van der Waals surface area contributed by atoms with Crippen molar-refractivity contribution in [1.29, 1.82) is 0 Å². The number of fused-ring (bicyclic) bond motifs is 1. The summed E-state index contributed by atoms with van der Waals surface area (Å²) in [5, 5.41) is 5.78. The maximum atomic E-state index is 13.5. The number of nitrogens with zero attached hydrogens (tertiary/aromatic N) is 1. The van der Waals surface area contributed by atoms with Crippen LogP contribution in [0.4, 0.5) is 0 Å². The largest absolute Gasteiger partial charge is 0.381 e. The fourth-order valence-corrected chi connectivity index (χ4v) is 5.57. The highest BCUT2D eigenvalue weighted by Crippen LogP contribution is 2.38. The first-order valence-corrected chi connectivity index (χ1v) is 13.1. The van der Waals surface area contributed by atoms with Gasteiger partial charge in [-0.2, -0.15) is 0 Å². The van der Waals surface area contributed by atoms with Crippen molar-refractivity contribution in [1.82, 2.24) is 20.5 Å². The Morgan fingerprint density at radius 3 is 2.54 bits per heavy atom. The predicted octanol–water partition coefficient (Wildman–Crippen LogP) is 1.69. The number of hydrogen-bond donors (Lipinski definition) is 3. The van der Waals surface area contributed by atoms with Crippen molar-refractivity contribution in [3.8, 4) is 0 Å². The van der Waals surface area contributed by atoms with E-state index in [2.05, 4.69) is 15.6 Å². The third-order valence-electron chi connectivity index (χ3n) is 7.82. The Morgan fingerprint density at radius 2 is 1.74 bits per heavy atom. The second-order valence-electron chi connectivity index (χ2n) is 10.2. The number of H-pyrrole nitrogens is 1. The van der Waals surface area contributed by atoms with E-state index in [0.717, 1.165) is 56.1 Å². The number of amides is 3. The Hall–Kier alpha value is -2.68. The normalized spacial score (nSPS) is 24.1. The quantitative estimate of drug-likeness (QED) is 0.558. The number of carbonyl (C=O) groups excluding carboxylic acids is 3. The third-order valence-corrected chi connectivity index (χ3v) is 7.82. The molecule has 35 heavy (non-hydrogen) atoms. The molecule has 3 heterocycles. The lowest BCUT2D eigenvalue weighted by Crippen LogP contribution is -2.54. The maximum absolute atomic E-state index is 13.5. The summed E-state index contributed by atoms with van der Waals surface area (Å²) in [6.07, 6.45) is 9.57. The van der Waals surface area contributed by atoms with Crippen LogP contribution in [0.2, 0.25) is 0 Å². The van der Waals surface area contributed by atoms with Gasteiger partial charge in [0.1, 0.15) is 11.6 Å². The van der Waals surface area contributed by atoms with Crippen molar-refractivity contribution >= 4 is 17.7 Å². The Kier molecular flexibility index (Phi) is 8.26. The molecule has 2 fully saturated rings. The number of pyridine rings is 1. The first-order chi connectivity index (χ1) is 16.9. The molecular weight excluding hydrogens is 448 g/mol. The van der Waals surface area contributed by atoms with E-state index in [1.807, 2.05) is 0 Å². The molecule has 4 rings (SSSR count). The smallest absolute Gasteiger partial charge is 0.261 e. The van der Waals surface area contributed by atoms with Crippen LogP contribution in [0.15, 0.2) is 11.0 Å². The van der Waals surface area contributed by atoms with E-state index in [1.165, 1.54) is 0 Å². The monoisotopic (exact) mass is 486 g/mol. The van der Waals surface area contributed by atoms with E-state index in [9.17, 15) is 19.2 Å². The average Bonchev–Trinajstić information content (AvgIpc) is 2.87. The van der Waals surface area contributed by atoms with Crippen LogP contribution in [0, 0.1) is 5.41 Å². The molecule has 1 aromatic heterocycles. The molecule has 3 amide bonds. The highest BCUT2D eigenvalue weighted by Gasteiger charge is 2.43.